The van der Waals surface area contributed by atoms with Crippen LogP contribution < -0.4 is 5.32 Å². The Hall–Kier alpha value is -2.74. The van der Waals surface area contributed by atoms with E-state index in [1.165, 1.54) is 12.8 Å². The van der Waals surface area contributed by atoms with Gasteiger partial charge < -0.3 is 5.32 Å². The largest absolute Gasteiger partial charge is 0.308 e. The second-order valence-electron chi connectivity index (χ2n) is 6.34. The average molecular weight is 354 g/mol. The highest BCUT2D eigenvalue weighted by Gasteiger charge is 2.25. The van der Waals surface area contributed by atoms with Crippen molar-refractivity contribution in [2.24, 2.45) is 0 Å². The van der Waals surface area contributed by atoms with Gasteiger partial charge in [-0.1, -0.05) is 29.8 Å². The molecule has 1 fully saturated rings. The predicted octanol–water partition coefficient (Wildman–Crippen LogP) is 3.16. The van der Waals surface area contributed by atoms with Crippen LogP contribution in [0.25, 0.3) is 11.4 Å². The van der Waals surface area contributed by atoms with Gasteiger partial charge in [-0.05, 0) is 32.0 Å². The molecule has 2 heterocycles. The molecule has 0 radical (unpaired) electrons. The molecular weight excluding hydrogens is 336 g/mol. The summed E-state index contributed by atoms with van der Waals surface area (Å²) in [6.07, 6.45) is 2.36. The minimum absolute atomic E-state index is 0.0736. The van der Waals surface area contributed by atoms with Crippen LogP contribution in [0.3, 0.4) is 0 Å². The monoisotopic (exact) mass is 354 g/mol. The highest BCUT2D eigenvalue weighted by molar-refractivity contribution is 7.71. The maximum absolute atomic E-state index is 12.4. The fraction of sp³-hybridized carbons (Fsp3) is 0.294. The van der Waals surface area contributed by atoms with Gasteiger partial charge in [0.05, 0.1) is 0 Å². The number of aryl methyl sites for hydroxylation is 1. The molecule has 25 heavy (non-hydrogen) atoms. The quantitative estimate of drug-likeness (QED) is 0.614. The Morgan fingerprint density at radius 3 is 2.76 bits per heavy atom. The molecule has 0 saturated heterocycles. The van der Waals surface area contributed by atoms with Gasteiger partial charge in [0, 0.05) is 23.2 Å². The van der Waals surface area contributed by atoms with E-state index in [4.69, 9.17) is 12.2 Å². The maximum atomic E-state index is 12.4. The third kappa shape index (κ3) is 3.39. The van der Waals surface area contributed by atoms with Crippen LogP contribution in [-0.4, -0.2) is 30.9 Å². The normalized spacial score (nSPS) is 13.8. The lowest BCUT2D eigenvalue weighted by Gasteiger charge is -2.07. The Bertz CT molecular complexity index is 964. The summed E-state index contributed by atoms with van der Waals surface area (Å²) in [7, 11) is 0. The summed E-state index contributed by atoms with van der Waals surface area (Å²) < 4.78 is 2.09. The number of amides is 1. The van der Waals surface area contributed by atoms with Crippen LogP contribution in [-0.2, 0) is 11.3 Å². The van der Waals surface area contributed by atoms with Gasteiger partial charge in [0.1, 0.15) is 6.54 Å². The number of benzene rings is 1. The van der Waals surface area contributed by atoms with E-state index in [1.807, 2.05) is 37.3 Å². The summed E-state index contributed by atoms with van der Waals surface area (Å²) in [5, 5.41) is 16.9. The summed E-state index contributed by atoms with van der Waals surface area (Å²) in [4.78, 5) is 12.4. The summed E-state index contributed by atoms with van der Waals surface area (Å²) in [6, 6.07) is 9.82. The molecule has 1 saturated carbocycles. The second kappa shape index (κ2) is 6.29. The molecular formula is C17H18N6OS. The first-order valence-corrected chi connectivity index (χ1v) is 8.58. The topological polar surface area (TPSA) is 91.4 Å². The van der Waals surface area contributed by atoms with E-state index in [1.54, 1.807) is 4.57 Å². The lowest BCUT2D eigenvalue weighted by Crippen LogP contribution is -2.19. The molecule has 1 aromatic carbocycles. The smallest absolute Gasteiger partial charge is 0.245 e. The Balaban J connectivity index is 1.51. The number of H-pyrrole nitrogens is 2. The van der Waals surface area contributed by atoms with Crippen LogP contribution in [0.2, 0.25) is 0 Å². The van der Waals surface area contributed by atoms with Crippen LogP contribution in [0.5, 0.6) is 0 Å². The van der Waals surface area contributed by atoms with Crippen LogP contribution in [0.4, 0.5) is 5.82 Å². The Morgan fingerprint density at radius 2 is 2.04 bits per heavy atom. The van der Waals surface area contributed by atoms with Crippen molar-refractivity contribution in [3.05, 3.63) is 46.4 Å². The van der Waals surface area contributed by atoms with Crippen LogP contribution in [0.1, 0.15) is 30.0 Å². The number of hydrogen-bond acceptors (Lipinski definition) is 4. The molecule has 0 spiro atoms. The molecule has 8 heteroatoms. The Morgan fingerprint density at radius 1 is 1.28 bits per heavy atom. The molecule has 128 valence electrons. The molecule has 3 N–H and O–H groups in total. The van der Waals surface area contributed by atoms with Gasteiger partial charge >= 0.3 is 0 Å². The zero-order valence-corrected chi connectivity index (χ0v) is 14.6. The Kier molecular flexibility index (Phi) is 3.96. The predicted molar refractivity (Wildman–Crippen MR) is 96.8 cm³/mol. The van der Waals surface area contributed by atoms with E-state index in [9.17, 15) is 4.79 Å². The van der Waals surface area contributed by atoms with Gasteiger partial charge in [-0.2, -0.15) is 10.2 Å². The van der Waals surface area contributed by atoms with Crippen molar-refractivity contribution in [1.82, 2.24) is 25.0 Å². The number of nitrogens with one attached hydrogen (secondary N) is 3. The number of rotatable bonds is 5. The van der Waals surface area contributed by atoms with Gasteiger partial charge in [0.2, 0.25) is 5.91 Å². The molecule has 7 nitrogen and oxygen atoms in total. The third-order valence-corrected chi connectivity index (χ3v) is 4.56. The van der Waals surface area contributed by atoms with E-state index < -0.39 is 0 Å². The lowest BCUT2D eigenvalue weighted by molar-refractivity contribution is -0.116. The number of aromatic amines is 2. The summed E-state index contributed by atoms with van der Waals surface area (Å²) >= 11 is 5.27. The molecule has 0 aliphatic heterocycles. The van der Waals surface area contributed by atoms with E-state index >= 15 is 0 Å². The van der Waals surface area contributed by atoms with E-state index in [2.05, 4.69) is 25.7 Å². The van der Waals surface area contributed by atoms with E-state index in [0.29, 0.717) is 22.3 Å². The van der Waals surface area contributed by atoms with Crippen LogP contribution in [0, 0.1) is 11.7 Å². The SMILES string of the molecule is Cc1ccc(-c2n[nH]c(=S)n2CC(=O)Nc2cc(C3CC3)[nH]n2)cc1. The van der Waals surface area contributed by atoms with Crippen molar-refractivity contribution in [2.75, 3.05) is 5.32 Å². The fourth-order valence-electron chi connectivity index (χ4n) is 2.72. The number of anilines is 1. The average Bonchev–Trinajstić information content (AvgIpc) is 3.25. The molecule has 0 bridgehead atoms. The van der Waals surface area contributed by atoms with Gasteiger partial charge in [-0.15, -0.1) is 0 Å². The van der Waals surface area contributed by atoms with Gasteiger partial charge in [0.15, 0.2) is 16.4 Å². The molecule has 3 aromatic rings. The third-order valence-electron chi connectivity index (χ3n) is 4.25. The number of carbonyl (C=O) groups excluding carboxylic acids is 1. The molecule has 1 aliphatic rings. The first kappa shape index (κ1) is 15.8. The maximum Gasteiger partial charge on any atom is 0.245 e. The van der Waals surface area contributed by atoms with Crippen molar-refractivity contribution < 1.29 is 4.79 Å². The molecule has 1 aliphatic carbocycles. The minimum Gasteiger partial charge on any atom is -0.308 e. The lowest BCUT2D eigenvalue weighted by atomic mass is 10.1. The molecule has 1 amide bonds. The van der Waals surface area contributed by atoms with Crippen molar-refractivity contribution in [3.63, 3.8) is 0 Å². The minimum atomic E-state index is -0.195. The van der Waals surface area contributed by atoms with Crippen molar-refractivity contribution in [1.29, 1.82) is 0 Å². The first-order chi connectivity index (χ1) is 12.1. The molecule has 2 aromatic heterocycles. The highest BCUT2D eigenvalue weighted by atomic mass is 32.1. The fourth-order valence-corrected chi connectivity index (χ4v) is 2.91. The number of carbonyl (C=O) groups is 1. The second-order valence-corrected chi connectivity index (χ2v) is 6.72. The van der Waals surface area contributed by atoms with Gasteiger partial charge in [-0.25, -0.2) is 0 Å². The first-order valence-electron chi connectivity index (χ1n) is 8.17. The highest BCUT2D eigenvalue weighted by Crippen LogP contribution is 2.39. The van der Waals surface area contributed by atoms with Crippen LogP contribution in [0.15, 0.2) is 30.3 Å². The van der Waals surface area contributed by atoms with Crippen molar-refractivity contribution in [2.45, 2.75) is 32.2 Å². The van der Waals surface area contributed by atoms with Crippen LogP contribution >= 0.6 is 12.2 Å². The van der Waals surface area contributed by atoms with Crippen molar-refractivity contribution in [3.8, 4) is 11.4 Å². The molecule has 0 atom stereocenters. The zero-order chi connectivity index (χ0) is 17.4. The summed E-state index contributed by atoms with van der Waals surface area (Å²) in [6.45, 7) is 2.10. The summed E-state index contributed by atoms with van der Waals surface area (Å²) in [5.41, 5.74) is 3.14. The number of aromatic nitrogens is 5. The summed E-state index contributed by atoms with van der Waals surface area (Å²) in [5.74, 6) is 1.55. The van der Waals surface area contributed by atoms with E-state index in [0.717, 1.165) is 16.8 Å². The zero-order valence-electron chi connectivity index (χ0n) is 13.7. The van der Waals surface area contributed by atoms with E-state index in [-0.39, 0.29) is 12.5 Å². The Labute approximate surface area is 149 Å². The number of nitrogens with zero attached hydrogens (tertiary/aromatic N) is 3. The number of hydrogen-bond donors (Lipinski definition) is 3. The van der Waals surface area contributed by atoms with Gasteiger partial charge in [0.25, 0.3) is 0 Å². The standard InChI is InChI=1S/C17H18N6OS/c1-10-2-4-12(5-3-10)16-21-22-17(25)23(16)9-15(24)18-14-8-13(19-20-14)11-6-7-11/h2-5,8,11H,6-7,9H2,1H3,(H,22,25)(H2,18,19,20,24). The molecule has 0 unspecified atom stereocenters. The van der Waals surface area contributed by atoms with Gasteiger partial charge in [-0.3, -0.25) is 19.6 Å². The van der Waals surface area contributed by atoms with Crippen molar-refractivity contribution >= 4 is 23.9 Å². The molecule has 4 rings (SSSR count).